The summed E-state index contributed by atoms with van der Waals surface area (Å²) >= 11 is 0. The molecule has 0 bridgehead atoms. The maximum Gasteiger partial charge on any atom is 0.317 e. The summed E-state index contributed by atoms with van der Waals surface area (Å²) in [5.74, 6) is 0.132. The summed E-state index contributed by atoms with van der Waals surface area (Å²) in [5, 5.41) is 22.1. The van der Waals surface area contributed by atoms with Gasteiger partial charge < -0.3 is 4.74 Å². The van der Waals surface area contributed by atoms with Crippen molar-refractivity contribution in [3.63, 3.8) is 0 Å². The molecule has 0 aliphatic heterocycles. The quantitative estimate of drug-likeness (QED) is 0.523. The van der Waals surface area contributed by atoms with Gasteiger partial charge in [-0.05, 0) is 31.7 Å². The Hall–Kier alpha value is -2.18. The van der Waals surface area contributed by atoms with Gasteiger partial charge in [-0.1, -0.05) is 44.9 Å². The topological polar surface area (TPSA) is 95.5 Å². The van der Waals surface area contributed by atoms with E-state index in [0.717, 1.165) is 44.6 Å². The molecule has 7 nitrogen and oxygen atoms in total. The van der Waals surface area contributed by atoms with Gasteiger partial charge in [0.25, 0.3) is 5.69 Å². The first-order valence-electron chi connectivity index (χ1n) is 9.17. The minimum Gasteiger partial charge on any atom is -0.483 e. The van der Waals surface area contributed by atoms with E-state index in [1.54, 1.807) is 0 Å². The van der Waals surface area contributed by atoms with E-state index in [4.69, 9.17) is 4.74 Å². The van der Waals surface area contributed by atoms with Crippen molar-refractivity contribution in [1.82, 2.24) is 0 Å². The summed E-state index contributed by atoms with van der Waals surface area (Å²) in [7, 11) is 0. The predicted molar refractivity (Wildman–Crippen MR) is 95.0 cm³/mol. The lowest BCUT2D eigenvalue weighted by atomic mass is 9.99. The lowest BCUT2D eigenvalue weighted by Crippen LogP contribution is -2.17. The second-order valence-electron chi connectivity index (χ2n) is 6.67. The van der Waals surface area contributed by atoms with Crippen molar-refractivity contribution in [2.45, 2.75) is 76.7 Å². The van der Waals surface area contributed by atoms with Crippen molar-refractivity contribution in [2.75, 3.05) is 0 Å². The van der Waals surface area contributed by atoms with E-state index in [9.17, 15) is 20.2 Å². The lowest BCUT2D eigenvalue weighted by molar-refractivity contribution is -0.394. The number of nitrogens with zero attached hydrogens (tertiary/aromatic N) is 2. The molecule has 0 aromatic heterocycles. The van der Waals surface area contributed by atoms with E-state index in [-0.39, 0.29) is 23.2 Å². The van der Waals surface area contributed by atoms with E-state index < -0.39 is 9.85 Å². The fraction of sp³-hybridized carbons (Fsp3) is 0.667. The molecule has 0 heterocycles. The number of non-ortho nitro benzene ring substituents is 1. The number of benzene rings is 1. The van der Waals surface area contributed by atoms with Crippen LogP contribution in [0.1, 0.15) is 70.6 Å². The zero-order valence-electron chi connectivity index (χ0n) is 14.5. The summed E-state index contributed by atoms with van der Waals surface area (Å²) in [6, 6.07) is 3.59. The van der Waals surface area contributed by atoms with E-state index in [1.807, 2.05) is 0 Å². The van der Waals surface area contributed by atoms with Crippen molar-refractivity contribution in [3.8, 4) is 5.75 Å². The van der Waals surface area contributed by atoms with Crippen molar-refractivity contribution >= 4 is 11.4 Å². The summed E-state index contributed by atoms with van der Waals surface area (Å²) in [4.78, 5) is 20.8. The number of hydrogen-bond acceptors (Lipinski definition) is 5. The van der Waals surface area contributed by atoms with Gasteiger partial charge in [-0.15, -0.1) is 0 Å². The summed E-state index contributed by atoms with van der Waals surface area (Å²) in [5.41, 5.74) is -0.627. The van der Waals surface area contributed by atoms with Crippen molar-refractivity contribution in [3.05, 3.63) is 38.4 Å². The van der Waals surface area contributed by atoms with Crippen LogP contribution in [0, 0.1) is 20.2 Å². The SMILES string of the molecule is O=[N+]([O-])c1ccc(OC2CCCCCCCCCCC2)c([N+](=O)[O-])c1. The van der Waals surface area contributed by atoms with Crippen molar-refractivity contribution in [1.29, 1.82) is 0 Å². The van der Waals surface area contributed by atoms with Gasteiger partial charge in [0.05, 0.1) is 22.0 Å². The van der Waals surface area contributed by atoms with Gasteiger partial charge in [0.2, 0.25) is 0 Å². The lowest BCUT2D eigenvalue weighted by Gasteiger charge is -2.19. The Balaban J connectivity index is 2.08. The zero-order chi connectivity index (χ0) is 18.1. The fourth-order valence-corrected chi connectivity index (χ4v) is 3.28. The second-order valence-corrected chi connectivity index (χ2v) is 6.67. The third-order valence-corrected chi connectivity index (χ3v) is 4.70. The molecule has 0 spiro atoms. The van der Waals surface area contributed by atoms with Crippen LogP contribution in [0.3, 0.4) is 0 Å². The zero-order valence-corrected chi connectivity index (χ0v) is 14.5. The Morgan fingerprint density at radius 1 is 0.800 bits per heavy atom. The molecule has 138 valence electrons. The van der Waals surface area contributed by atoms with Crippen LogP contribution in [-0.2, 0) is 0 Å². The molecular formula is C18H26N2O5. The molecule has 7 heteroatoms. The van der Waals surface area contributed by atoms with Gasteiger partial charge in [-0.25, -0.2) is 0 Å². The van der Waals surface area contributed by atoms with E-state index in [1.165, 1.54) is 44.2 Å². The highest BCUT2D eigenvalue weighted by atomic mass is 16.6. The molecule has 1 saturated carbocycles. The van der Waals surface area contributed by atoms with Crippen molar-refractivity contribution in [2.24, 2.45) is 0 Å². The van der Waals surface area contributed by atoms with Crippen LogP contribution >= 0.6 is 0 Å². The standard InChI is InChI=1S/C18H26N2O5/c21-19(22)15-12-13-18(17(14-15)20(23)24)25-16-10-8-6-4-2-1-3-5-7-9-11-16/h12-14,16H,1-11H2. The highest BCUT2D eigenvalue weighted by Gasteiger charge is 2.23. The Kier molecular flexibility index (Phi) is 7.63. The molecule has 1 aromatic carbocycles. The van der Waals surface area contributed by atoms with Gasteiger partial charge in [0.15, 0.2) is 5.75 Å². The number of nitro benzene ring substituents is 2. The Labute approximate surface area is 147 Å². The number of rotatable bonds is 4. The predicted octanol–water partition coefficient (Wildman–Crippen LogP) is 5.56. The molecule has 0 N–H and O–H groups in total. The van der Waals surface area contributed by atoms with Crippen LogP contribution in [0.4, 0.5) is 11.4 Å². The van der Waals surface area contributed by atoms with E-state index in [0.29, 0.717) is 0 Å². The van der Waals surface area contributed by atoms with Crippen LogP contribution in [0.25, 0.3) is 0 Å². The largest absolute Gasteiger partial charge is 0.483 e. The average molecular weight is 350 g/mol. The molecule has 0 unspecified atom stereocenters. The van der Waals surface area contributed by atoms with Gasteiger partial charge in [0.1, 0.15) is 0 Å². The summed E-state index contributed by atoms with van der Waals surface area (Å²) in [6.45, 7) is 0. The molecule has 0 atom stereocenters. The Morgan fingerprint density at radius 2 is 1.32 bits per heavy atom. The molecule has 2 rings (SSSR count). The molecule has 0 amide bonds. The monoisotopic (exact) mass is 350 g/mol. The van der Waals surface area contributed by atoms with Gasteiger partial charge in [0, 0.05) is 6.07 Å². The maximum absolute atomic E-state index is 11.2. The first kappa shape index (κ1) is 19.1. The van der Waals surface area contributed by atoms with Gasteiger partial charge >= 0.3 is 5.69 Å². The number of ether oxygens (including phenoxy) is 1. The Bertz CT molecular complexity index is 579. The third-order valence-electron chi connectivity index (χ3n) is 4.70. The summed E-state index contributed by atoms with van der Waals surface area (Å²) in [6.07, 6.45) is 12.4. The summed E-state index contributed by atoms with van der Waals surface area (Å²) < 4.78 is 5.92. The highest BCUT2D eigenvalue weighted by Crippen LogP contribution is 2.33. The van der Waals surface area contributed by atoms with Gasteiger partial charge in [-0.3, -0.25) is 20.2 Å². The third kappa shape index (κ3) is 6.32. The number of nitro groups is 2. The van der Waals surface area contributed by atoms with E-state index >= 15 is 0 Å². The van der Waals surface area contributed by atoms with Crippen molar-refractivity contribution < 1.29 is 14.6 Å². The molecular weight excluding hydrogens is 324 g/mol. The molecule has 1 aromatic rings. The highest BCUT2D eigenvalue weighted by molar-refractivity contribution is 5.53. The Morgan fingerprint density at radius 3 is 1.80 bits per heavy atom. The number of hydrogen-bond donors (Lipinski definition) is 0. The van der Waals surface area contributed by atoms with E-state index in [2.05, 4.69) is 0 Å². The van der Waals surface area contributed by atoms with Crippen LogP contribution < -0.4 is 4.74 Å². The minimum atomic E-state index is -0.632. The smallest absolute Gasteiger partial charge is 0.317 e. The normalized spacial score (nSPS) is 17.9. The van der Waals surface area contributed by atoms with Crippen LogP contribution in [0.15, 0.2) is 18.2 Å². The van der Waals surface area contributed by atoms with Crippen LogP contribution in [0.2, 0.25) is 0 Å². The molecule has 1 aliphatic rings. The molecule has 0 radical (unpaired) electrons. The maximum atomic E-state index is 11.2. The molecule has 0 saturated heterocycles. The molecule has 1 fully saturated rings. The fourth-order valence-electron chi connectivity index (χ4n) is 3.28. The first-order valence-corrected chi connectivity index (χ1v) is 9.17. The average Bonchev–Trinajstić information content (AvgIpc) is 2.57. The van der Waals surface area contributed by atoms with Crippen LogP contribution in [0.5, 0.6) is 5.75 Å². The minimum absolute atomic E-state index is 0.0698. The second kappa shape index (κ2) is 9.96. The van der Waals surface area contributed by atoms with Gasteiger partial charge in [-0.2, -0.15) is 0 Å². The molecule has 1 aliphatic carbocycles. The van der Waals surface area contributed by atoms with Crippen LogP contribution in [-0.4, -0.2) is 16.0 Å². The first-order chi connectivity index (χ1) is 12.1. The molecule has 25 heavy (non-hydrogen) atoms.